The summed E-state index contributed by atoms with van der Waals surface area (Å²) in [7, 11) is 3.00. The Morgan fingerprint density at radius 3 is 2.21 bits per heavy atom. The van der Waals surface area contributed by atoms with E-state index in [9.17, 15) is 4.79 Å². The molecule has 0 aliphatic carbocycles. The minimum Gasteiger partial charge on any atom is -0.493 e. The van der Waals surface area contributed by atoms with Crippen molar-refractivity contribution in [1.29, 1.82) is 0 Å². The third-order valence-corrected chi connectivity index (χ3v) is 4.97. The normalized spacial score (nSPS) is 10.3. The van der Waals surface area contributed by atoms with E-state index in [0.29, 0.717) is 40.1 Å². The molecule has 3 aromatic carbocycles. The Kier molecular flexibility index (Phi) is 6.86. The Hall–Kier alpha value is -2.89. The number of nitrogens with one attached hydrogen (secondary N) is 1. The van der Waals surface area contributed by atoms with E-state index in [0.717, 1.165) is 5.56 Å². The molecule has 5 nitrogen and oxygen atoms in total. The van der Waals surface area contributed by atoms with Crippen LogP contribution in [0.5, 0.6) is 17.2 Å². The van der Waals surface area contributed by atoms with Gasteiger partial charge in [-0.05, 0) is 29.8 Å². The molecule has 0 fully saturated rings. The minimum atomic E-state index is -0.389. The predicted molar refractivity (Wildman–Crippen MR) is 115 cm³/mol. The number of ether oxygens (including phenoxy) is 3. The Bertz CT molecular complexity index is 984. The maximum absolute atomic E-state index is 12.7. The fraction of sp³-hybridized carbons (Fsp3) is 0.136. The number of hydrogen-bond donors (Lipinski definition) is 1. The Balaban J connectivity index is 1.86. The summed E-state index contributed by atoms with van der Waals surface area (Å²) >= 11 is 12.2. The van der Waals surface area contributed by atoms with E-state index < -0.39 is 0 Å². The molecule has 0 saturated carbocycles. The third kappa shape index (κ3) is 4.94. The molecule has 0 spiro atoms. The number of hydrogen-bond acceptors (Lipinski definition) is 4. The van der Waals surface area contributed by atoms with Crippen molar-refractivity contribution in [3.05, 3.63) is 81.8 Å². The van der Waals surface area contributed by atoms with E-state index in [-0.39, 0.29) is 10.9 Å². The maximum atomic E-state index is 12.7. The first kappa shape index (κ1) is 20.8. The van der Waals surface area contributed by atoms with Crippen LogP contribution in [-0.4, -0.2) is 20.1 Å². The molecule has 0 saturated heterocycles. The molecule has 150 valence electrons. The number of anilines is 1. The third-order valence-electron chi connectivity index (χ3n) is 4.15. The van der Waals surface area contributed by atoms with Crippen molar-refractivity contribution in [1.82, 2.24) is 0 Å². The number of benzene rings is 3. The zero-order valence-corrected chi connectivity index (χ0v) is 17.4. The molecule has 3 rings (SSSR count). The molecule has 0 heterocycles. The van der Waals surface area contributed by atoms with Crippen molar-refractivity contribution in [2.45, 2.75) is 6.61 Å². The molecule has 0 atom stereocenters. The summed E-state index contributed by atoms with van der Waals surface area (Å²) in [6, 6.07) is 17.9. The minimum absolute atomic E-state index is 0.268. The summed E-state index contributed by atoms with van der Waals surface area (Å²) in [5.74, 6) is 0.779. The molecule has 29 heavy (non-hydrogen) atoms. The first-order valence-corrected chi connectivity index (χ1v) is 9.47. The van der Waals surface area contributed by atoms with Crippen molar-refractivity contribution >= 4 is 34.8 Å². The lowest BCUT2D eigenvalue weighted by Crippen LogP contribution is -2.13. The van der Waals surface area contributed by atoms with Gasteiger partial charge in [0.25, 0.3) is 5.91 Å². The standard InChI is InChI=1S/C22H19Cl2NO4/c1-27-18-11-15(22(26)25-17-10-6-9-16(23)20(17)24)12-19(28-2)21(18)29-13-14-7-4-3-5-8-14/h3-12H,13H2,1-2H3,(H,25,26). The highest BCUT2D eigenvalue weighted by Gasteiger charge is 2.19. The topological polar surface area (TPSA) is 56.8 Å². The molecule has 0 radical (unpaired) electrons. The van der Waals surface area contributed by atoms with Crippen LogP contribution < -0.4 is 19.5 Å². The average molecular weight is 432 g/mol. The number of rotatable bonds is 7. The lowest BCUT2D eigenvalue weighted by molar-refractivity contribution is 0.102. The van der Waals surface area contributed by atoms with Crippen molar-refractivity contribution in [2.24, 2.45) is 0 Å². The molecule has 0 bridgehead atoms. The molecular weight excluding hydrogens is 413 g/mol. The van der Waals surface area contributed by atoms with Gasteiger partial charge in [-0.3, -0.25) is 4.79 Å². The monoisotopic (exact) mass is 431 g/mol. The Labute approximate surface area is 179 Å². The first-order chi connectivity index (χ1) is 14.0. The summed E-state index contributed by atoms with van der Waals surface area (Å²) in [5, 5.41) is 3.36. The lowest BCUT2D eigenvalue weighted by atomic mass is 10.1. The van der Waals surface area contributed by atoms with Crippen LogP contribution in [0, 0.1) is 0 Å². The van der Waals surface area contributed by atoms with Crippen molar-refractivity contribution in [3.63, 3.8) is 0 Å². The first-order valence-electron chi connectivity index (χ1n) is 8.71. The van der Waals surface area contributed by atoms with E-state index in [1.807, 2.05) is 30.3 Å². The number of carbonyl (C=O) groups excluding carboxylic acids is 1. The summed E-state index contributed by atoms with van der Waals surface area (Å²) < 4.78 is 16.8. The molecule has 0 aliphatic heterocycles. The zero-order valence-electron chi connectivity index (χ0n) is 15.9. The molecule has 1 amide bonds. The van der Waals surface area contributed by atoms with Crippen LogP contribution in [0.1, 0.15) is 15.9 Å². The van der Waals surface area contributed by atoms with Gasteiger partial charge in [0.15, 0.2) is 11.5 Å². The number of methoxy groups -OCH3 is 2. The van der Waals surface area contributed by atoms with Crippen LogP contribution >= 0.6 is 23.2 Å². The predicted octanol–water partition coefficient (Wildman–Crippen LogP) is 5.84. The van der Waals surface area contributed by atoms with Gasteiger partial charge in [0.2, 0.25) is 5.75 Å². The molecule has 0 unspecified atom stereocenters. The van der Waals surface area contributed by atoms with Gasteiger partial charge in [-0.1, -0.05) is 59.6 Å². The van der Waals surface area contributed by atoms with Gasteiger partial charge < -0.3 is 19.5 Å². The van der Waals surface area contributed by atoms with Crippen LogP contribution in [0.25, 0.3) is 0 Å². The number of halogens is 2. The highest BCUT2D eigenvalue weighted by atomic mass is 35.5. The second kappa shape index (κ2) is 9.54. The van der Waals surface area contributed by atoms with Gasteiger partial charge in [0, 0.05) is 5.56 Å². The average Bonchev–Trinajstić information content (AvgIpc) is 2.75. The zero-order chi connectivity index (χ0) is 20.8. The fourth-order valence-electron chi connectivity index (χ4n) is 2.68. The summed E-state index contributed by atoms with van der Waals surface area (Å²) in [6.45, 7) is 0.331. The van der Waals surface area contributed by atoms with Gasteiger partial charge in [0.1, 0.15) is 6.61 Å². The van der Waals surface area contributed by atoms with Gasteiger partial charge in [-0.15, -0.1) is 0 Å². The van der Waals surface area contributed by atoms with E-state index in [2.05, 4.69) is 5.32 Å². The van der Waals surface area contributed by atoms with E-state index in [1.165, 1.54) is 14.2 Å². The van der Waals surface area contributed by atoms with Crippen LogP contribution in [0.3, 0.4) is 0 Å². The summed E-state index contributed by atoms with van der Waals surface area (Å²) in [6.07, 6.45) is 0. The SMILES string of the molecule is COc1cc(C(=O)Nc2cccc(Cl)c2Cl)cc(OC)c1OCc1ccccc1. The molecule has 7 heteroatoms. The Morgan fingerprint density at radius 2 is 1.59 bits per heavy atom. The highest BCUT2D eigenvalue weighted by Crippen LogP contribution is 2.39. The Morgan fingerprint density at radius 1 is 0.931 bits per heavy atom. The molecule has 0 aromatic heterocycles. The van der Waals surface area contributed by atoms with Crippen LogP contribution in [0.15, 0.2) is 60.7 Å². The maximum Gasteiger partial charge on any atom is 0.255 e. The number of carbonyl (C=O) groups is 1. The van der Waals surface area contributed by atoms with Crippen LogP contribution in [-0.2, 0) is 6.61 Å². The molecular formula is C22H19Cl2NO4. The van der Waals surface area contributed by atoms with E-state index in [4.69, 9.17) is 37.4 Å². The van der Waals surface area contributed by atoms with Gasteiger partial charge >= 0.3 is 0 Å². The fourth-order valence-corrected chi connectivity index (χ4v) is 3.03. The van der Waals surface area contributed by atoms with Crippen molar-refractivity contribution in [2.75, 3.05) is 19.5 Å². The van der Waals surface area contributed by atoms with Gasteiger partial charge in [-0.2, -0.15) is 0 Å². The quantitative estimate of drug-likeness (QED) is 0.510. The summed E-state index contributed by atoms with van der Waals surface area (Å²) in [4.78, 5) is 12.7. The second-order valence-electron chi connectivity index (χ2n) is 6.04. The highest BCUT2D eigenvalue weighted by molar-refractivity contribution is 6.44. The molecule has 3 aromatic rings. The van der Waals surface area contributed by atoms with Crippen molar-refractivity contribution in [3.8, 4) is 17.2 Å². The van der Waals surface area contributed by atoms with Crippen molar-refractivity contribution < 1.29 is 19.0 Å². The molecule has 1 N–H and O–H groups in total. The molecule has 0 aliphatic rings. The summed E-state index contributed by atoms with van der Waals surface area (Å²) in [5.41, 5.74) is 1.72. The van der Waals surface area contributed by atoms with E-state index >= 15 is 0 Å². The van der Waals surface area contributed by atoms with Gasteiger partial charge in [-0.25, -0.2) is 0 Å². The number of amides is 1. The largest absolute Gasteiger partial charge is 0.493 e. The van der Waals surface area contributed by atoms with Crippen LogP contribution in [0.4, 0.5) is 5.69 Å². The smallest absolute Gasteiger partial charge is 0.255 e. The van der Waals surface area contributed by atoms with Gasteiger partial charge in [0.05, 0.1) is 30.0 Å². The van der Waals surface area contributed by atoms with Crippen LogP contribution in [0.2, 0.25) is 10.0 Å². The lowest BCUT2D eigenvalue weighted by Gasteiger charge is -2.16. The van der Waals surface area contributed by atoms with E-state index in [1.54, 1.807) is 30.3 Å². The second-order valence-corrected chi connectivity index (χ2v) is 6.82.